The highest BCUT2D eigenvalue weighted by molar-refractivity contribution is 5.98. The summed E-state index contributed by atoms with van der Waals surface area (Å²) in [5.41, 5.74) is 0.616. The molecule has 1 amide bonds. The van der Waals surface area contributed by atoms with Crippen LogP contribution in [-0.4, -0.2) is 49.0 Å². The van der Waals surface area contributed by atoms with Crippen molar-refractivity contribution in [3.63, 3.8) is 0 Å². The van der Waals surface area contributed by atoms with Crippen molar-refractivity contribution in [1.82, 2.24) is 15.2 Å². The van der Waals surface area contributed by atoms with E-state index < -0.39 is 0 Å². The molecular formula is C13H22N4O. The highest BCUT2D eigenvalue weighted by Gasteiger charge is 2.16. The zero-order valence-electron chi connectivity index (χ0n) is 11.5. The van der Waals surface area contributed by atoms with Gasteiger partial charge in [-0.25, -0.2) is 4.98 Å². The van der Waals surface area contributed by atoms with Crippen LogP contribution in [0, 0.1) is 0 Å². The molecule has 100 valence electrons. The average molecular weight is 250 g/mol. The van der Waals surface area contributed by atoms with Crippen molar-refractivity contribution in [2.75, 3.05) is 32.5 Å². The van der Waals surface area contributed by atoms with Crippen molar-refractivity contribution in [1.29, 1.82) is 0 Å². The van der Waals surface area contributed by atoms with Gasteiger partial charge in [0, 0.05) is 32.4 Å². The lowest BCUT2D eigenvalue weighted by Crippen LogP contribution is -2.33. The van der Waals surface area contributed by atoms with Crippen LogP contribution in [0.1, 0.15) is 24.2 Å². The van der Waals surface area contributed by atoms with Gasteiger partial charge in [0.05, 0.1) is 5.56 Å². The number of hydrogen-bond acceptors (Lipinski definition) is 4. The fourth-order valence-electron chi connectivity index (χ4n) is 1.55. The minimum absolute atomic E-state index is 0.0125. The number of carbonyl (C=O) groups excluding carboxylic acids is 1. The van der Waals surface area contributed by atoms with Crippen molar-refractivity contribution in [3.05, 3.63) is 23.9 Å². The van der Waals surface area contributed by atoms with Crippen LogP contribution in [0.2, 0.25) is 0 Å². The molecule has 0 unspecified atom stereocenters. The normalized spacial score (nSPS) is 10.5. The predicted octanol–water partition coefficient (Wildman–Crippen LogP) is 1.19. The maximum absolute atomic E-state index is 12.3. The number of nitrogens with one attached hydrogen (secondary N) is 2. The number of pyridine rings is 1. The number of amides is 1. The molecule has 0 atom stereocenters. The van der Waals surface area contributed by atoms with Crippen LogP contribution in [0.4, 0.5) is 5.82 Å². The van der Waals surface area contributed by atoms with Crippen LogP contribution < -0.4 is 10.6 Å². The molecule has 2 N–H and O–H groups in total. The summed E-state index contributed by atoms with van der Waals surface area (Å²) in [6, 6.07) is 3.83. The van der Waals surface area contributed by atoms with E-state index in [4.69, 9.17) is 0 Å². The Morgan fingerprint density at radius 2 is 2.22 bits per heavy atom. The Morgan fingerprint density at radius 1 is 1.50 bits per heavy atom. The van der Waals surface area contributed by atoms with E-state index >= 15 is 0 Å². The van der Waals surface area contributed by atoms with Gasteiger partial charge in [-0.05, 0) is 33.0 Å². The molecule has 0 saturated carbocycles. The molecule has 5 nitrogen and oxygen atoms in total. The molecular weight excluding hydrogens is 228 g/mol. The number of anilines is 1. The van der Waals surface area contributed by atoms with Gasteiger partial charge in [0.2, 0.25) is 0 Å². The van der Waals surface area contributed by atoms with E-state index in [2.05, 4.69) is 15.6 Å². The van der Waals surface area contributed by atoms with Crippen molar-refractivity contribution in [2.24, 2.45) is 0 Å². The van der Waals surface area contributed by atoms with Crippen molar-refractivity contribution < 1.29 is 4.79 Å². The first-order valence-corrected chi connectivity index (χ1v) is 6.18. The van der Waals surface area contributed by atoms with Crippen LogP contribution >= 0.6 is 0 Å². The number of nitrogens with zero attached hydrogens (tertiary/aromatic N) is 2. The molecule has 18 heavy (non-hydrogen) atoms. The lowest BCUT2D eigenvalue weighted by molar-refractivity contribution is 0.0797. The Hall–Kier alpha value is -1.62. The van der Waals surface area contributed by atoms with Gasteiger partial charge in [0.15, 0.2) is 0 Å². The summed E-state index contributed by atoms with van der Waals surface area (Å²) in [5.74, 6) is 0.635. The van der Waals surface area contributed by atoms with Gasteiger partial charge in [0.25, 0.3) is 5.91 Å². The second-order valence-corrected chi connectivity index (χ2v) is 4.53. The highest BCUT2D eigenvalue weighted by atomic mass is 16.2. The Morgan fingerprint density at radius 3 is 2.83 bits per heavy atom. The van der Waals surface area contributed by atoms with E-state index in [-0.39, 0.29) is 11.9 Å². The first kappa shape index (κ1) is 14.4. The maximum atomic E-state index is 12.3. The fourth-order valence-corrected chi connectivity index (χ4v) is 1.55. The van der Waals surface area contributed by atoms with E-state index in [1.165, 1.54) is 0 Å². The predicted molar refractivity (Wildman–Crippen MR) is 73.9 cm³/mol. The highest BCUT2D eigenvalue weighted by Crippen LogP contribution is 2.14. The third kappa shape index (κ3) is 4.00. The molecule has 1 aromatic rings. The molecule has 0 aliphatic carbocycles. The molecule has 1 rings (SSSR count). The quantitative estimate of drug-likeness (QED) is 0.796. The molecule has 0 radical (unpaired) electrons. The summed E-state index contributed by atoms with van der Waals surface area (Å²) in [7, 11) is 3.67. The fraction of sp³-hybridized carbons (Fsp3) is 0.538. The van der Waals surface area contributed by atoms with Gasteiger partial charge >= 0.3 is 0 Å². The molecule has 0 bridgehead atoms. The maximum Gasteiger partial charge on any atom is 0.257 e. The lowest BCUT2D eigenvalue weighted by Gasteiger charge is -2.19. The van der Waals surface area contributed by atoms with Gasteiger partial charge in [-0.3, -0.25) is 4.79 Å². The summed E-state index contributed by atoms with van der Waals surface area (Å²) in [6.07, 6.45) is 1.69. The van der Waals surface area contributed by atoms with Crippen molar-refractivity contribution >= 4 is 11.7 Å². The first-order valence-electron chi connectivity index (χ1n) is 6.18. The van der Waals surface area contributed by atoms with Gasteiger partial charge in [-0.15, -0.1) is 0 Å². The van der Waals surface area contributed by atoms with Crippen LogP contribution in [-0.2, 0) is 0 Å². The van der Waals surface area contributed by atoms with Gasteiger partial charge in [-0.2, -0.15) is 0 Å². The van der Waals surface area contributed by atoms with E-state index in [1.54, 1.807) is 30.3 Å². The Balaban J connectivity index is 2.84. The smallest absolute Gasteiger partial charge is 0.257 e. The van der Waals surface area contributed by atoms with Gasteiger partial charge in [0.1, 0.15) is 5.82 Å². The second kappa shape index (κ2) is 6.96. The number of hydrogen-bond donors (Lipinski definition) is 2. The minimum atomic E-state index is -0.0125. The molecule has 0 aromatic carbocycles. The lowest BCUT2D eigenvalue weighted by atomic mass is 10.2. The van der Waals surface area contributed by atoms with E-state index in [0.29, 0.717) is 17.9 Å². The average Bonchev–Trinajstić information content (AvgIpc) is 2.35. The molecule has 1 aromatic heterocycles. The van der Waals surface area contributed by atoms with E-state index in [0.717, 1.165) is 6.54 Å². The number of aromatic nitrogens is 1. The van der Waals surface area contributed by atoms with Crippen molar-refractivity contribution in [2.45, 2.75) is 19.9 Å². The monoisotopic (exact) mass is 250 g/mol. The third-order valence-corrected chi connectivity index (χ3v) is 2.51. The van der Waals surface area contributed by atoms with Crippen LogP contribution in [0.25, 0.3) is 0 Å². The Kier molecular flexibility index (Phi) is 5.58. The van der Waals surface area contributed by atoms with Gasteiger partial charge in [-0.1, -0.05) is 0 Å². The molecule has 0 fully saturated rings. The standard InChI is InChI=1S/C13H22N4O/c1-10(2)16-12-11(6-5-7-15-12)13(18)17(4)9-8-14-3/h5-7,10,14H,8-9H2,1-4H3,(H,15,16). The largest absolute Gasteiger partial charge is 0.367 e. The van der Waals surface area contributed by atoms with Crippen LogP contribution in [0.15, 0.2) is 18.3 Å². The first-order chi connectivity index (χ1) is 8.56. The molecule has 0 aliphatic rings. The molecule has 0 saturated heterocycles. The van der Waals surface area contributed by atoms with E-state index in [1.807, 2.05) is 20.9 Å². The number of likely N-dealkylation sites (N-methyl/N-ethyl adjacent to an activating group) is 2. The van der Waals surface area contributed by atoms with Crippen LogP contribution in [0.5, 0.6) is 0 Å². The summed E-state index contributed by atoms with van der Waals surface area (Å²) >= 11 is 0. The summed E-state index contributed by atoms with van der Waals surface area (Å²) < 4.78 is 0. The van der Waals surface area contributed by atoms with Crippen LogP contribution in [0.3, 0.4) is 0 Å². The number of carbonyl (C=O) groups is 1. The molecule has 1 heterocycles. The van der Waals surface area contributed by atoms with Gasteiger partial charge < -0.3 is 15.5 Å². The Labute approximate surface area is 109 Å². The topological polar surface area (TPSA) is 57.3 Å². The Bertz CT molecular complexity index is 392. The summed E-state index contributed by atoms with van der Waals surface area (Å²) in [4.78, 5) is 18.2. The number of rotatable bonds is 6. The second-order valence-electron chi connectivity index (χ2n) is 4.53. The zero-order valence-corrected chi connectivity index (χ0v) is 11.5. The summed E-state index contributed by atoms with van der Waals surface area (Å²) in [5, 5.41) is 6.22. The molecule has 0 spiro atoms. The van der Waals surface area contributed by atoms with E-state index in [9.17, 15) is 4.79 Å². The zero-order chi connectivity index (χ0) is 13.5. The summed E-state index contributed by atoms with van der Waals surface area (Å²) in [6.45, 7) is 5.49. The third-order valence-electron chi connectivity index (χ3n) is 2.51. The molecule has 0 aliphatic heterocycles. The minimum Gasteiger partial charge on any atom is -0.367 e. The van der Waals surface area contributed by atoms with Crippen molar-refractivity contribution in [3.8, 4) is 0 Å². The molecule has 5 heteroatoms. The SMILES string of the molecule is CNCCN(C)C(=O)c1cccnc1NC(C)C.